The molecule has 0 saturated heterocycles. The van der Waals surface area contributed by atoms with Gasteiger partial charge in [0.05, 0.1) is 0 Å². The van der Waals surface area contributed by atoms with Crippen LogP contribution in [0.1, 0.15) is 103 Å². The number of unbranched alkanes of at least 4 members (excludes halogenated alkanes) is 7. The van der Waals surface area contributed by atoms with Crippen LogP contribution in [-0.4, -0.2) is 5.11 Å². The fourth-order valence-corrected chi connectivity index (χ4v) is 4.91. The summed E-state index contributed by atoms with van der Waals surface area (Å²) in [5.41, 5.74) is 2.94. The van der Waals surface area contributed by atoms with Gasteiger partial charge in [-0.3, -0.25) is 0 Å². The van der Waals surface area contributed by atoms with E-state index in [1.54, 1.807) is 0 Å². The van der Waals surface area contributed by atoms with Crippen LogP contribution < -0.4 is 0 Å². The Kier molecular flexibility index (Phi) is 11.2. The molecule has 1 heteroatoms. The van der Waals surface area contributed by atoms with E-state index in [1.807, 2.05) is 12.1 Å². The molecular weight excluding hydrogens is 376 g/mol. The molecule has 0 fully saturated rings. The summed E-state index contributed by atoms with van der Waals surface area (Å²) in [6.07, 6.45) is 14.7. The average Bonchev–Trinajstić information content (AvgIpc) is 2.77. The number of aromatic hydroxyl groups is 1. The zero-order valence-corrected chi connectivity index (χ0v) is 20.6. The zero-order valence-electron chi connectivity index (χ0n) is 20.6. The van der Waals surface area contributed by atoms with Crippen molar-refractivity contribution in [3.8, 4) is 5.75 Å². The molecule has 0 radical (unpaired) electrons. The predicted octanol–water partition coefficient (Wildman–Crippen LogP) is 9.09. The zero-order chi connectivity index (χ0) is 22.5. The SMILES string of the molecule is CCCCCCCCCCC(C)C(Cc1ccc(O)cc1)CC(C)(C)c1ccccc1. The van der Waals surface area contributed by atoms with Gasteiger partial charge in [-0.15, -0.1) is 0 Å². The van der Waals surface area contributed by atoms with Crippen molar-refractivity contribution >= 4 is 0 Å². The molecule has 2 unspecified atom stereocenters. The van der Waals surface area contributed by atoms with E-state index in [2.05, 4.69) is 70.2 Å². The second-order valence-corrected chi connectivity index (χ2v) is 10.3. The Morgan fingerprint density at radius 1 is 0.774 bits per heavy atom. The monoisotopic (exact) mass is 422 g/mol. The van der Waals surface area contributed by atoms with Gasteiger partial charge in [0.15, 0.2) is 0 Å². The maximum atomic E-state index is 9.67. The van der Waals surface area contributed by atoms with Gasteiger partial charge in [0.25, 0.3) is 0 Å². The molecule has 1 nitrogen and oxygen atoms in total. The number of benzene rings is 2. The van der Waals surface area contributed by atoms with Crippen LogP contribution in [0.5, 0.6) is 5.75 Å². The molecule has 0 heterocycles. The number of hydrogen-bond acceptors (Lipinski definition) is 1. The van der Waals surface area contributed by atoms with Gasteiger partial charge in [0.1, 0.15) is 5.75 Å². The van der Waals surface area contributed by atoms with Crippen molar-refractivity contribution in [2.75, 3.05) is 0 Å². The Balaban J connectivity index is 1.94. The lowest BCUT2D eigenvalue weighted by Gasteiger charge is -2.34. The maximum absolute atomic E-state index is 9.67. The third kappa shape index (κ3) is 9.50. The van der Waals surface area contributed by atoms with E-state index in [0.29, 0.717) is 17.6 Å². The largest absolute Gasteiger partial charge is 0.508 e. The number of hydrogen-bond donors (Lipinski definition) is 1. The van der Waals surface area contributed by atoms with Crippen LogP contribution in [0, 0.1) is 11.8 Å². The summed E-state index contributed by atoms with van der Waals surface area (Å²) in [5.74, 6) is 1.71. The molecule has 31 heavy (non-hydrogen) atoms. The van der Waals surface area contributed by atoms with Gasteiger partial charge in [-0.1, -0.05) is 128 Å². The molecule has 0 aliphatic heterocycles. The number of phenols is 1. The lowest BCUT2D eigenvalue weighted by Crippen LogP contribution is -2.26. The molecule has 2 atom stereocenters. The first-order valence-electron chi connectivity index (χ1n) is 12.8. The lowest BCUT2D eigenvalue weighted by molar-refractivity contribution is 0.255. The molecular formula is C30H46O. The topological polar surface area (TPSA) is 20.2 Å². The lowest BCUT2D eigenvalue weighted by atomic mass is 9.71. The normalized spacial score (nSPS) is 13.8. The standard InChI is InChI=1S/C30H46O/c1-5-6-7-8-9-10-11-13-16-25(2)27(23-26-19-21-29(31)22-20-26)24-30(3,4)28-17-14-12-15-18-28/h12,14-15,17-22,25,27,31H,5-11,13,16,23-24H2,1-4H3. The first kappa shape index (κ1) is 25.5. The summed E-state index contributed by atoms with van der Waals surface area (Å²) in [6, 6.07) is 18.9. The summed E-state index contributed by atoms with van der Waals surface area (Å²) in [6.45, 7) is 9.55. The Morgan fingerprint density at radius 2 is 1.35 bits per heavy atom. The van der Waals surface area contributed by atoms with E-state index < -0.39 is 0 Å². The summed E-state index contributed by atoms with van der Waals surface area (Å²) in [7, 11) is 0. The van der Waals surface area contributed by atoms with Gasteiger partial charge in [0.2, 0.25) is 0 Å². The minimum Gasteiger partial charge on any atom is -0.508 e. The molecule has 2 aromatic rings. The summed E-state index contributed by atoms with van der Waals surface area (Å²) >= 11 is 0. The fourth-order valence-electron chi connectivity index (χ4n) is 4.91. The molecule has 0 spiro atoms. The molecule has 0 bridgehead atoms. The molecule has 0 aromatic heterocycles. The van der Waals surface area contributed by atoms with E-state index in [4.69, 9.17) is 0 Å². The highest BCUT2D eigenvalue weighted by Crippen LogP contribution is 2.36. The Labute approximate surface area is 192 Å². The van der Waals surface area contributed by atoms with Crippen molar-refractivity contribution in [2.45, 2.75) is 104 Å². The summed E-state index contributed by atoms with van der Waals surface area (Å²) in [4.78, 5) is 0. The third-order valence-electron chi connectivity index (χ3n) is 7.08. The van der Waals surface area contributed by atoms with Crippen molar-refractivity contribution in [2.24, 2.45) is 11.8 Å². The van der Waals surface area contributed by atoms with E-state index in [-0.39, 0.29) is 5.41 Å². The smallest absolute Gasteiger partial charge is 0.115 e. The Hall–Kier alpha value is -1.76. The van der Waals surface area contributed by atoms with Crippen LogP contribution in [0.3, 0.4) is 0 Å². The van der Waals surface area contributed by atoms with E-state index in [9.17, 15) is 5.11 Å². The van der Waals surface area contributed by atoms with E-state index in [0.717, 1.165) is 6.42 Å². The van der Waals surface area contributed by atoms with Crippen LogP contribution >= 0.6 is 0 Å². The Morgan fingerprint density at radius 3 is 1.97 bits per heavy atom. The quantitative estimate of drug-likeness (QED) is 0.284. The van der Waals surface area contributed by atoms with Crippen molar-refractivity contribution in [3.05, 3.63) is 65.7 Å². The highest BCUT2D eigenvalue weighted by molar-refractivity contribution is 5.27. The van der Waals surface area contributed by atoms with Crippen LogP contribution in [0.4, 0.5) is 0 Å². The second kappa shape index (κ2) is 13.6. The van der Waals surface area contributed by atoms with E-state index in [1.165, 1.54) is 75.3 Å². The first-order chi connectivity index (χ1) is 14.9. The van der Waals surface area contributed by atoms with Gasteiger partial charge in [0, 0.05) is 0 Å². The van der Waals surface area contributed by atoms with Crippen molar-refractivity contribution in [1.29, 1.82) is 0 Å². The van der Waals surface area contributed by atoms with Crippen LogP contribution in [-0.2, 0) is 11.8 Å². The predicted molar refractivity (Wildman–Crippen MR) is 136 cm³/mol. The molecule has 0 aliphatic carbocycles. The minimum absolute atomic E-state index is 0.163. The van der Waals surface area contributed by atoms with Gasteiger partial charge in [-0.25, -0.2) is 0 Å². The average molecular weight is 423 g/mol. The summed E-state index contributed by atoms with van der Waals surface area (Å²) in [5, 5.41) is 9.67. The fraction of sp³-hybridized carbons (Fsp3) is 0.600. The van der Waals surface area contributed by atoms with Gasteiger partial charge >= 0.3 is 0 Å². The number of rotatable bonds is 15. The molecule has 2 rings (SSSR count). The highest BCUT2D eigenvalue weighted by Gasteiger charge is 2.28. The van der Waals surface area contributed by atoms with Crippen molar-refractivity contribution < 1.29 is 5.11 Å². The second-order valence-electron chi connectivity index (χ2n) is 10.3. The summed E-state index contributed by atoms with van der Waals surface area (Å²) < 4.78 is 0. The van der Waals surface area contributed by atoms with Crippen molar-refractivity contribution in [3.63, 3.8) is 0 Å². The highest BCUT2D eigenvalue weighted by atomic mass is 16.3. The minimum atomic E-state index is 0.163. The molecule has 1 N–H and O–H groups in total. The molecule has 0 aliphatic rings. The van der Waals surface area contributed by atoms with Gasteiger partial charge in [-0.05, 0) is 53.4 Å². The maximum Gasteiger partial charge on any atom is 0.115 e. The Bertz CT molecular complexity index is 701. The molecule has 0 amide bonds. The first-order valence-corrected chi connectivity index (χ1v) is 12.8. The van der Waals surface area contributed by atoms with E-state index >= 15 is 0 Å². The van der Waals surface area contributed by atoms with Crippen LogP contribution in [0.25, 0.3) is 0 Å². The van der Waals surface area contributed by atoms with Crippen molar-refractivity contribution in [1.82, 2.24) is 0 Å². The molecule has 172 valence electrons. The van der Waals surface area contributed by atoms with Crippen LogP contribution in [0.2, 0.25) is 0 Å². The molecule has 2 aromatic carbocycles. The molecule has 0 saturated carbocycles. The van der Waals surface area contributed by atoms with Gasteiger partial charge in [-0.2, -0.15) is 0 Å². The third-order valence-corrected chi connectivity index (χ3v) is 7.08. The van der Waals surface area contributed by atoms with Gasteiger partial charge < -0.3 is 5.11 Å². The number of phenolic OH excluding ortho intramolecular Hbond substituents is 1. The van der Waals surface area contributed by atoms with Crippen LogP contribution in [0.15, 0.2) is 54.6 Å².